The summed E-state index contributed by atoms with van der Waals surface area (Å²) in [4.78, 5) is 0. The van der Waals surface area contributed by atoms with E-state index in [1.165, 1.54) is 38.6 Å². The average molecular weight is 257 g/mol. The normalized spacial score (nSPS) is 27.1. The molecule has 2 aliphatic rings. The molecular weight excluding hydrogens is 230 g/mol. The summed E-state index contributed by atoms with van der Waals surface area (Å²) >= 11 is 0. The van der Waals surface area contributed by atoms with Crippen molar-refractivity contribution in [2.24, 2.45) is 5.92 Å². The topological polar surface area (TPSA) is 12.0 Å². The molecule has 1 aromatic carbocycles. The molecule has 2 atom stereocenters. The van der Waals surface area contributed by atoms with Gasteiger partial charge in [0.1, 0.15) is 0 Å². The summed E-state index contributed by atoms with van der Waals surface area (Å²) in [6, 6.07) is 9.88. The van der Waals surface area contributed by atoms with Gasteiger partial charge in [0.15, 0.2) is 0 Å². The minimum Gasteiger partial charge on any atom is -0.314 e. The molecule has 3 rings (SSSR count). The summed E-state index contributed by atoms with van der Waals surface area (Å²) in [5.74, 6) is 2.56. The van der Waals surface area contributed by atoms with Crippen molar-refractivity contribution in [1.29, 1.82) is 0 Å². The first kappa shape index (κ1) is 13.2. The third-order valence-corrected chi connectivity index (χ3v) is 5.15. The fraction of sp³-hybridized carbons (Fsp3) is 0.667. The first-order valence-electron chi connectivity index (χ1n) is 8.08. The van der Waals surface area contributed by atoms with E-state index in [-0.39, 0.29) is 0 Å². The van der Waals surface area contributed by atoms with E-state index in [4.69, 9.17) is 0 Å². The predicted octanol–water partition coefficient (Wildman–Crippen LogP) is 4.45. The molecule has 0 radical (unpaired) electrons. The quantitative estimate of drug-likeness (QED) is 0.822. The van der Waals surface area contributed by atoms with Gasteiger partial charge in [0.25, 0.3) is 0 Å². The van der Waals surface area contributed by atoms with Gasteiger partial charge in [-0.1, -0.05) is 44.5 Å². The largest absolute Gasteiger partial charge is 0.314 e. The van der Waals surface area contributed by atoms with Gasteiger partial charge in [0.2, 0.25) is 0 Å². The first-order chi connectivity index (χ1) is 9.25. The molecule has 19 heavy (non-hydrogen) atoms. The fourth-order valence-corrected chi connectivity index (χ4v) is 3.55. The Morgan fingerprint density at radius 3 is 2.32 bits per heavy atom. The molecule has 0 spiro atoms. The molecular formula is C18H27N. The van der Waals surface area contributed by atoms with Gasteiger partial charge in [0, 0.05) is 6.04 Å². The van der Waals surface area contributed by atoms with E-state index in [0.29, 0.717) is 6.04 Å². The van der Waals surface area contributed by atoms with Crippen molar-refractivity contribution in [3.05, 3.63) is 35.4 Å². The van der Waals surface area contributed by atoms with Crippen LogP contribution in [0.15, 0.2) is 24.3 Å². The Labute approximate surface area is 117 Å². The summed E-state index contributed by atoms with van der Waals surface area (Å²) in [5, 5.41) is 3.62. The molecule has 2 aliphatic carbocycles. The predicted molar refractivity (Wildman–Crippen MR) is 81.6 cm³/mol. The third kappa shape index (κ3) is 2.72. The van der Waals surface area contributed by atoms with Gasteiger partial charge in [-0.3, -0.25) is 0 Å². The van der Waals surface area contributed by atoms with E-state index in [0.717, 1.165) is 17.8 Å². The lowest BCUT2D eigenvalue weighted by molar-refractivity contribution is 0.237. The van der Waals surface area contributed by atoms with Crippen LogP contribution in [-0.2, 0) is 0 Å². The van der Waals surface area contributed by atoms with E-state index in [1.807, 2.05) is 0 Å². The summed E-state index contributed by atoms with van der Waals surface area (Å²) in [6.07, 6.45) is 7.07. The molecule has 0 amide bonds. The number of hydrogen-bond donors (Lipinski definition) is 1. The Bertz CT molecular complexity index is 419. The first-order valence-corrected chi connectivity index (χ1v) is 8.08. The lowest BCUT2D eigenvalue weighted by atomic mass is 9.66. The van der Waals surface area contributed by atoms with Crippen LogP contribution in [0.3, 0.4) is 0 Å². The van der Waals surface area contributed by atoms with Gasteiger partial charge >= 0.3 is 0 Å². The van der Waals surface area contributed by atoms with Crippen molar-refractivity contribution in [2.75, 3.05) is 6.54 Å². The smallest absolute Gasteiger partial charge is 0.00104 e. The summed E-state index contributed by atoms with van der Waals surface area (Å²) in [7, 11) is 0. The van der Waals surface area contributed by atoms with E-state index in [2.05, 4.69) is 43.4 Å². The lowest BCUT2D eigenvalue weighted by Gasteiger charge is -2.40. The Morgan fingerprint density at radius 2 is 1.79 bits per heavy atom. The molecule has 104 valence electrons. The molecule has 1 nitrogen and oxygen atoms in total. The summed E-state index contributed by atoms with van der Waals surface area (Å²) < 4.78 is 0. The van der Waals surface area contributed by atoms with Crippen LogP contribution in [-0.4, -0.2) is 12.6 Å². The van der Waals surface area contributed by atoms with Crippen molar-refractivity contribution >= 4 is 0 Å². The van der Waals surface area contributed by atoms with Crippen LogP contribution in [0, 0.1) is 5.92 Å². The molecule has 0 saturated heterocycles. The molecule has 0 bridgehead atoms. The van der Waals surface area contributed by atoms with Crippen LogP contribution in [0.25, 0.3) is 0 Å². The SMILES string of the molecule is CC(C)NCC1CCC1c1ccccc1C1CCC1. The van der Waals surface area contributed by atoms with Gasteiger partial charge in [-0.2, -0.15) is 0 Å². The highest BCUT2D eigenvalue weighted by molar-refractivity contribution is 5.36. The van der Waals surface area contributed by atoms with Crippen LogP contribution in [0.2, 0.25) is 0 Å². The van der Waals surface area contributed by atoms with E-state index >= 15 is 0 Å². The average Bonchev–Trinajstić information content (AvgIpc) is 2.27. The Hall–Kier alpha value is -0.820. The molecule has 2 fully saturated rings. The minimum absolute atomic E-state index is 0.614. The molecule has 0 heterocycles. The van der Waals surface area contributed by atoms with Crippen molar-refractivity contribution < 1.29 is 0 Å². The second-order valence-electron chi connectivity index (χ2n) is 6.76. The zero-order chi connectivity index (χ0) is 13.2. The Kier molecular flexibility index (Phi) is 3.93. The van der Waals surface area contributed by atoms with Crippen molar-refractivity contribution in [2.45, 2.75) is 63.8 Å². The molecule has 1 N–H and O–H groups in total. The fourth-order valence-electron chi connectivity index (χ4n) is 3.55. The van der Waals surface area contributed by atoms with E-state index < -0.39 is 0 Å². The lowest BCUT2D eigenvalue weighted by Crippen LogP contribution is -2.37. The Balaban J connectivity index is 1.71. The summed E-state index contributed by atoms with van der Waals surface area (Å²) in [5.41, 5.74) is 3.35. The number of nitrogens with one attached hydrogen (secondary N) is 1. The van der Waals surface area contributed by atoms with Gasteiger partial charge in [-0.25, -0.2) is 0 Å². The van der Waals surface area contributed by atoms with Crippen LogP contribution >= 0.6 is 0 Å². The van der Waals surface area contributed by atoms with Crippen LogP contribution in [0.4, 0.5) is 0 Å². The minimum atomic E-state index is 0.614. The van der Waals surface area contributed by atoms with Crippen LogP contribution in [0.5, 0.6) is 0 Å². The van der Waals surface area contributed by atoms with Gasteiger partial charge in [-0.15, -0.1) is 0 Å². The highest BCUT2D eigenvalue weighted by atomic mass is 14.9. The van der Waals surface area contributed by atoms with E-state index in [1.54, 1.807) is 11.1 Å². The van der Waals surface area contributed by atoms with Crippen molar-refractivity contribution in [3.8, 4) is 0 Å². The van der Waals surface area contributed by atoms with Gasteiger partial charge < -0.3 is 5.32 Å². The van der Waals surface area contributed by atoms with Crippen molar-refractivity contribution in [1.82, 2.24) is 5.32 Å². The zero-order valence-corrected chi connectivity index (χ0v) is 12.4. The van der Waals surface area contributed by atoms with Gasteiger partial charge in [-0.05, 0) is 61.1 Å². The second-order valence-corrected chi connectivity index (χ2v) is 6.76. The van der Waals surface area contributed by atoms with E-state index in [9.17, 15) is 0 Å². The van der Waals surface area contributed by atoms with Gasteiger partial charge in [0.05, 0.1) is 0 Å². The maximum Gasteiger partial charge on any atom is 0.00104 e. The summed E-state index contributed by atoms with van der Waals surface area (Å²) in [6.45, 7) is 5.69. The number of benzene rings is 1. The maximum atomic E-state index is 3.62. The third-order valence-electron chi connectivity index (χ3n) is 5.15. The molecule has 1 heteroatoms. The molecule has 0 aliphatic heterocycles. The van der Waals surface area contributed by atoms with Crippen molar-refractivity contribution in [3.63, 3.8) is 0 Å². The highest BCUT2D eigenvalue weighted by Gasteiger charge is 2.34. The molecule has 0 aromatic heterocycles. The standard InChI is InChI=1S/C18H27N/c1-13(2)19-12-15-10-11-17(15)18-9-4-3-8-16(18)14-6-5-7-14/h3-4,8-9,13-15,17,19H,5-7,10-12H2,1-2H3. The molecule has 1 aromatic rings. The zero-order valence-electron chi connectivity index (χ0n) is 12.4. The molecule has 2 saturated carbocycles. The number of hydrogen-bond acceptors (Lipinski definition) is 1. The molecule has 2 unspecified atom stereocenters. The highest BCUT2D eigenvalue weighted by Crippen LogP contribution is 2.47. The monoisotopic (exact) mass is 257 g/mol. The van der Waals surface area contributed by atoms with Crippen LogP contribution in [0.1, 0.15) is 68.9 Å². The van der Waals surface area contributed by atoms with Crippen LogP contribution < -0.4 is 5.32 Å². The maximum absolute atomic E-state index is 3.62. The Morgan fingerprint density at radius 1 is 1.05 bits per heavy atom. The second kappa shape index (κ2) is 5.66. The number of rotatable bonds is 5.